The van der Waals surface area contributed by atoms with E-state index in [9.17, 15) is 0 Å². The minimum absolute atomic E-state index is 0.0822. The maximum Gasteiger partial charge on any atom is 0.137 e. The van der Waals surface area contributed by atoms with Crippen LogP contribution in [0.15, 0.2) is 71.4 Å². The van der Waals surface area contributed by atoms with Crippen molar-refractivity contribution in [3.8, 4) is 12.1 Å². The smallest absolute Gasteiger partial charge is 0.137 e. The van der Waals surface area contributed by atoms with E-state index >= 15 is 0 Å². The van der Waals surface area contributed by atoms with E-state index in [2.05, 4.69) is 41.5 Å². The van der Waals surface area contributed by atoms with Gasteiger partial charge in [0.05, 0.1) is 5.69 Å². The third kappa shape index (κ3) is 3.21. The van der Waals surface area contributed by atoms with Crippen LogP contribution in [0.2, 0.25) is 0 Å². The molecule has 3 aliphatic rings. The molecular weight excluding hydrogens is 334 g/mol. The van der Waals surface area contributed by atoms with Crippen molar-refractivity contribution < 1.29 is 4.74 Å². The summed E-state index contributed by atoms with van der Waals surface area (Å²) < 4.78 is 5.72. The summed E-state index contributed by atoms with van der Waals surface area (Å²) in [6.45, 7) is 2.72. The van der Waals surface area contributed by atoms with Crippen molar-refractivity contribution in [1.29, 1.82) is 10.5 Å². The third-order valence-electron chi connectivity index (χ3n) is 4.64. The van der Waals surface area contributed by atoms with Gasteiger partial charge in [0, 0.05) is 18.3 Å². The van der Waals surface area contributed by atoms with Crippen LogP contribution < -0.4 is 4.90 Å². The lowest BCUT2D eigenvalue weighted by atomic mass is 9.95. The summed E-state index contributed by atoms with van der Waals surface area (Å²) in [5.74, 6) is 1.26. The van der Waals surface area contributed by atoms with E-state index in [-0.39, 0.29) is 5.57 Å². The second-order valence-corrected chi connectivity index (χ2v) is 6.55. The maximum atomic E-state index is 9.09. The Morgan fingerprint density at radius 1 is 1.15 bits per heavy atom. The topological polar surface area (TPSA) is 60.0 Å². The van der Waals surface area contributed by atoms with Crippen molar-refractivity contribution in [2.45, 2.75) is 13.3 Å². The first-order valence-corrected chi connectivity index (χ1v) is 8.75. The van der Waals surface area contributed by atoms with Crippen LogP contribution in [0.25, 0.3) is 12.2 Å². The number of nitriles is 2. The molecule has 130 valence electrons. The predicted octanol–water partition coefficient (Wildman–Crippen LogP) is 4.76. The molecule has 3 aliphatic heterocycles. The Kier molecular flexibility index (Phi) is 4.24. The molecule has 0 spiro atoms. The first kappa shape index (κ1) is 16.7. The summed E-state index contributed by atoms with van der Waals surface area (Å²) in [6.07, 6.45) is 16.9. The highest BCUT2D eigenvalue weighted by Gasteiger charge is 2.18. The fraction of sp³-hybridized carbons (Fsp3) is 0.130. The van der Waals surface area contributed by atoms with E-state index in [0.29, 0.717) is 17.1 Å². The lowest BCUT2D eigenvalue weighted by Gasteiger charge is -2.30. The first-order valence-electron chi connectivity index (χ1n) is 8.75. The number of hydrogen-bond donors (Lipinski definition) is 0. The molecule has 4 heteroatoms. The first-order chi connectivity index (χ1) is 13.2. The molecule has 4 rings (SSSR count). The molecule has 0 aliphatic carbocycles. The molecule has 0 amide bonds. The second-order valence-electron chi connectivity index (χ2n) is 6.55. The van der Waals surface area contributed by atoms with Gasteiger partial charge in [-0.1, -0.05) is 24.3 Å². The van der Waals surface area contributed by atoms with Crippen LogP contribution >= 0.6 is 0 Å². The monoisotopic (exact) mass is 351 g/mol. The number of ether oxygens (including phenoxy) is 1. The van der Waals surface area contributed by atoms with E-state index in [4.69, 9.17) is 15.3 Å². The molecule has 0 atom stereocenters. The zero-order chi connectivity index (χ0) is 18.8. The predicted molar refractivity (Wildman–Crippen MR) is 106 cm³/mol. The molecule has 0 aromatic heterocycles. The van der Waals surface area contributed by atoms with Gasteiger partial charge >= 0.3 is 0 Å². The lowest BCUT2D eigenvalue weighted by Crippen LogP contribution is -2.23. The number of rotatable bonds is 2. The highest BCUT2D eigenvalue weighted by atomic mass is 16.5. The van der Waals surface area contributed by atoms with Crippen LogP contribution in [0.4, 0.5) is 5.69 Å². The Bertz CT molecular complexity index is 1070. The van der Waals surface area contributed by atoms with Gasteiger partial charge in [-0.25, -0.2) is 0 Å². The number of anilines is 1. The molecule has 0 saturated heterocycles. The Morgan fingerprint density at radius 2 is 2.00 bits per heavy atom. The van der Waals surface area contributed by atoms with Crippen molar-refractivity contribution in [3.05, 3.63) is 88.1 Å². The molecule has 0 radical (unpaired) electrons. The van der Waals surface area contributed by atoms with Gasteiger partial charge < -0.3 is 9.64 Å². The van der Waals surface area contributed by atoms with Crippen molar-refractivity contribution >= 4 is 17.8 Å². The average Bonchev–Trinajstić information content (AvgIpc) is 2.67. The third-order valence-corrected chi connectivity index (χ3v) is 4.64. The van der Waals surface area contributed by atoms with Gasteiger partial charge in [-0.2, -0.15) is 10.5 Å². The van der Waals surface area contributed by atoms with E-state index in [0.717, 1.165) is 18.5 Å². The largest absolute Gasteiger partial charge is 0.462 e. The van der Waals surface area contributed by atoms with E-state index in [1.54, 1.807) is 12.2 Å². The maximum absolute atomic E-state index is 9.09. The van der Waals surface area contributed by atoms with Crippen LogP contribution in [0.3, 0.4) is 0 Å². The highest BCUT2D eigenvalue weighted by molar-refractivity contribution is 5.79. The van der Waals surface area contributed by atoms with Crippen LogP contribution in [0, 0.1) is 22.7 Å². The van der Waals surface area contributed by atoms with Crippen LogP contribution in [-0.2, 0) is 11.2 Å². The standard InChI is InChI=1S/C23H17N3O/c1-16-10-20(21(14-24)15-25)13-22(27-16)7-6-17-11-18-4-2-8-26-9-3-5-19(12-17)23(18)26/h2-4,6-7,9-13H,5,8H2,1H3/b7-6+. The quantitative estimate of drug-likeness (QED) is 0.721. The van der Waals surface area contributed by atoms with Crippen LogP contribution in [-0.4, -0.2) is 6.54 Å². The zero-order valence-electron chi connectivity index (χ0n) is 14.9. The molecule has 27 heavy (non-hydrogen) atoms. The summed E-state index contributed by atoms with van der Waals surface area (Å²) in [5, 5.41) is 18.2. The second kappa shape index (κ2) is 6.86. The van der Waals surface area contributed by atoms with Crippen molar-refractivity contribution in [1.82, 2.24) is 0 Å². The zero-order valence-corrected chi connectivity index (χ0v) is 14.9. The molecule has 0 unspecified atom stereocenters. The molecule has 4 nitrogen and oxygen atoms in total. The van der Waals surface area contributed by atoms with E-state index in [1.807, 2.05) is 31.2 Å². The Balaban J connectivity index is 1.67. The van der Waals surface area contributed by atoms with Crippen LogP contribution in [0.1, 0.15) is 23.6 Å². The molecule has 0 N–H and O–H groups in total. The Hall–Kier alpha value is -3.76. The normalized spacial score (nSPS) is 16.9. The number of benzene rings is 1. The highest BCUT2D eigenvalue weighted by Crippen LogP contribution is 2.35. The fourth-order valence-corrected chi connectivity index (χ4v) is 3.52. The average molecular weight is 351 g/mol. The van der Waals surface area contributed by atoms with Gasteiger partial charge in [0.1, 0.15) is 29.2 Å². The minimum atomic E-state index is 0.0822. The molecule has 0 fully saturated rings. The van der Waals surface area contributed by atoms with Crippen molar-refractivity contribution in [2.75, 3.05) is 11.4 Å². The van der Waals surface area contributed by atoms with Gasteiger partial charge in [-0.3, -0.25) is 0 Å². The molecule has 3 heterocycles. The minimum Gasteiger partial charge on any atom is -0.462 e. The van der Waals surface area contributed by atoms with Gasteiger partial charge in [0.15, 0.2) is 0 Å². The fourth-order valence-electron chi connectivity index (χ4n) is 3.52. The van der Waals surface area contributed by atoms with Crippen molar-refractivity contribution in [3.63, 3.8) is 0 Å². The number of allylic oxidation sites excluding steroid dienone is 7. The summed E-state index contributed by atoms with van der Waals surface area (Å²) in [6, 6.07) is 8.22. The number of hydrogen-bond acceptors (Lipinski definition) is 4. The summed E-state index contributed by atoms with van der Waals surface area (Å²) >= 11 is 0. The molecule has 0 saturated carbocycles. The van der Waals surface area contributed by atoms with Gasteiger partial charge in [0.25, 0.3) is 0 Å². The van der Waals surface area contributed by atoms with Gasteiger partial charge in [-0.15, -0.1) is 0 Å². The number of nitrogens with zero attached hydrogens (tertiary/aromatic N) is 3. The van der Waals surface area contributed by atoms with E-state index in [1.165, 1.54) is 16.8 Å². The SMILES string of the molecule is CC1=CC(=C(C#N)C#N)C=C(/C=C/c2cc3c4c(c2)CC=CN4CC=C3)O1. The molecule has 0 bridgehead atoms. The summed E-state index contributed by atoms with van der Waals surface area (Å²) in [4.78, 5) is 2.27. The van der Waals surface area contributed by atoms with Crippen LogP contribution in [0.5, 0.6) is 0 Å². The van der Waals surface area contributed by atoms with Gasteiger partial charge in [-0.05, 0) is 60.4 Å². The van der Waals surface area contributed by atoms with E-state index < -0.39 is 0 Å². The lowest BCUT2D eigenvalue weighted by molar-refractivity contribution is 0.318. The Labute approximate surface area is 158 Å². The van der Waals surface area contributed by atoms with Crippen molar-refractivity contribution in [2.24, 2.45) is 0 Å². The van der Waals surface area contributed by atoms with Gasteiger partial charge in [0.2, 0.25) is 0 Å². The molecule has 1 aromatic carbocycles. The Morgan fingerprint density at radius 3 is 2.81 bits per heavy atom. The summed E-state index contributed by atoms with van der Waals surface area (Å²) in [7, 11) is 0. The molecule has 1 aromatic rings. The summed E-state index contributed by atoms with van der Waals surface area (Å²) in [5.41, 5.74) is 5.57. The molecular formula is C23H17N3O.